The second kappa shape index (κ2) is 5.32. The van der Waals surface area contributed by atoms with Crippen LogP contribution in [0.15, 0.2) is 22.7 Å². The normalized spacial score (nSPS) is 11.9. The Morgan fingerprint density at radius 1 is 1.44 bits per heavy atom. The quantitative estimate of drug-likeness (QED) is 0.892. The standard InChI is InChI=1S/C10H10BrClN2O2/c1-5(9(13)15)14-10(16)6-2-7(11)4-8(12)3-6/h2-5H,1H3,(H2,13,15)(H,14,16)/t5-/m1/s1. The van der Waals surface area contributed by atoms with Crippen LogP contribution in [0.25, 0.3) is 0 Å². The lowest BCUT2D eigenvalue weighted by Gasteiger charge is -2.10. The van der Waals surface area contributed by atoms with Crippen molar-refractivity contribution in [3.63, 3.8) is 0 Å². The molecule has 4 nitrogen and oxygen atoms in total. The van der Waals surface area contributed by atoms with Crippen molar-refractivity contribution >= 4 is 39.3 Å². The van der Waals surface area contributed by atoms with E-state index in [-0.39, 0.29) is 0 Å². The minimum Gasteiger partial charge on any atom is -0.368 e. The molecule has 1 rings (SSSR count). The van der Waals surface area contributed by atoms with Crippen molar-refractivity contribution in [1.29, 1.82) is 0 Å². The Balaban J connectivity index is 2.84. The van der Waals surface area contributed by atoms with E-state index in [2.05, 4.69) is 21.2 Å². The van der Waals surface area contributed by atoms with Crippen molar-refractivity contribution in [1.82, 2.24) is 5.32 Å². The number of nitrogens with two attached hydrogens (primary N) is 1. The molecule has 0 saturated heterocycles. The summed E-state index contributed by atoms with van der Waals surface area (Å²) in [7, 11) is 0. The molecule has 16 heavy (non-hydrogen) atoms. The number of nitrogens with one attached hydrogen (secondary N) is 1. The molecule has 0 bridgehead atoms. The number of carbonyl (C=O) groups is 2. The third kappa shape index (κ3) is 3.50. The number of primary amides is 1. The molecule has 0 unspecified atom stereocenters. The van der Waals surface area contributed by atoms with Gasteiger partial charge in [0.25, 0.3) is 5.91 Å². The zero-order chi connectivity index (χ0) is 12.3. The summed E-state index contributed by atoms with van der Waals surface area (Å²) in [5.74, 6) is -0.982. The van der Waals surface area contributed by atoms with Crippen LogP contribution in [0.5, 0.6) is 0 Å². The second-order valence-corrected chi connectivity index (χ2v) is 4.61. The molecule has 0 aliphatic heterocycles. The first kappa shape index (κ1) is 13.0. The first-order chi connectivity index (χ1) is 7.40. The summed E-state index contributed by atoms with van der Waals surface area (Å²) >= 11 is 9.01. The fourth-order valence-corrected chi connectivity index (χ4v) is 1.90. The third-order valence-corrected chi connectivity index (χ3v) is 2.58. The summed E-state index contributed by atoms with van der Waals surface area (Å²) in [5.41, 5.74) is 5.40. The van der Waals surface area contributed by atoms with E-state index in [9.17, 15) is 9.59 Å². The lowest BCUT2D eigenvalue weighted by atomic mass is 10.2. The lowest BCUT2D eigenvalue weighted by molar-refractivity contribution is -0.119. The predicted molar refractivity (Wildman–Crippen MR) is 65.3 cm³/mol. The number of hydrogen-bond acceptors (Lipinski definition) is 2. The summed E-state index contributed by atoms with van der Waals surface area (Å²) in [6.07, 6.45) is 0. The van der Waals surface area contributed by atoms with Gasteiger partial charge in [0.15, 0.2) is 0 Å². The Morgan fingerprint density at radius 2 is 2.06 bits per heavy atom. The molecule has 6 heteroatoms. The Bertz CT molecular complexity index is 417. The van der Waals surface area contributed by atoms with E-state index in [0.717, 1.165) is 0 Å². The van der Waals surface area contributed by atoms with Crippen molar-refractivity contribution in [2.24, 2.45) is 5.73 Å². The van der Waals surface area contributed by atoms with E-state index < -0.39 is 17.9 Å². The number of benzene rings is 1. The highest BCUT2D eigenvalue weighted by molar-refractivity contribution is 9.10. The van der Waals surface area contributed by atoms with Gasteiger partial charge in [-0.3, -0.25) is 9.59 Å². The van der Waals surface area contributed by atoms with E-state index in [0.29, 0.717) is 15.1 Å². The highest BCUT2D eigenvalue weighted by Gasteiger charge is 2.14. The van der Waals surface area contributed by atoms with Gasteiger partial charge in [-0.05, 0) is 25.1 Å². The summed E-state index contributed by atoms with van der Waals surface area (Å²) in [6, 6.07) is 4.06. The molecule has 0 radical (unpaired) electrons. The molecule has 1 aromatic rings. The molecule has 0 aliphatic rings. The molecule has 3 N–H and O–H groups in total. The van der Waals surface area contributed by atoms with Gasteiger partial charge in [-0.1, -0.05) is 27.5 Å². The van der Waals surface area contributed by atoms with E-state index in [1.54, 1.807) is 12.1 Å². The Kier molecular flexibility index (Phi) is 4.32. The van der Waals surface area contributed by atoms with Crippen molar-refractivity contribution in [2.45, 2.75) is 13.0 Å². The van der Waals surface area contributed by atoms with Gasteiger partial charge >= 0.3 is 0 Å². The largest absolute Gasteiger partial charge is 0.368 e. The van der Waals surface area contributed by atoms with Crippen LogP contribution in [0.2, 0.25) is 5.02 Å². The van der Waals surface area contributed by atoms with Gasteiger partial charge in [0.2, 0.25) is 5.91 Å². The van der Waals surface area contributed by atoms with Crippen molar-refractivity contribution in [3.05, 3.63) is 33.3 Å². The van der Waals surface area contributed by atoms with Crippen LogP contribution in [-0.4, -0.2) is 17.9 Å². The van der Waals surface area contributed by atoms with E-state index in [1.165, 1.54) is 13.0 Å². The molecule has 1 atom stereocenters. The molecular weight excluding hydrogens is 295 g/mol. The Labute approximate surface area is 106 Å². The van der Waals surface area contributed by atoms with Gasteiger partial charge in [-0.25, -0.2) is 0 Å². The highest BCUT2D eigenvalue weighted by Crippen LogP contribution is 2.19. The maximum absolute atomic E-state index is 11.7. The van der Waals surface area contributed by atoms with Crippen LogP contribution in [0.1, 0.15) is 17.3 Å². The highest BCUT2D eigenvalue weighted by atomic mass is 79.9. The molecule has 0 saturated carbocycles. The minimum atomic E-state index is -0.717. The minimum absolute atomic E-state index is 0.368. The summed E-state index contributed by atoms with van der Waals surface area (Å²) in [6.45, 7) is 1.51. The predicted octanol–water partition coefficient (Wildman–Crippen LogP) is 1.71. The number of halogens is 2. The maximum Gasteiger partial charge on any atom is 0.252 e. The van der Waals surface area contributed by atoms with Gasteiger partial charge in [0.05, 0.1) is 0 Å². The zero-order valence-electron chi connectivity index (χ0n) is 8.46. The van der Waals surface area contributed by atoms with Gasteiger partial charge in [-0.15, -0.1) is 0 Å². The van der Waals surface area contributed by atoms with Gasteiger partial charge in [0.1, 0.15) is 6.04 Å². The topological polar surface area (TPSA) is 72.2 Å². The summed E-state index contributed by atoms with van der Waals surface area (Å²) in [4.78, 5) is 22.4. The number of rotatable bonds is 3. The van der Waals surface area contributed by atoms with Crippen LogP contribution >= 0.6 is 27.5 Å². The van der Waals surface area contributed by atoms with Crippen molar-refractivity contribution in [3.8, 4) is 0 Å². The fraction of sp³-hybridized carbons (Fsp3) is 0.200. The fourth-order valence-electron chi connectivity index (χ4n) is 1.04. The monoisotopic (exact) mass is 304 g/mol. The number of amides is 2. The molecule has 86 valence electrons. The van der Waals surface area contributed by atoms with Crippen molar-refractivity contribution < 1.29 is 9.59 Å². The summed E-state index contributed by atoms with van der Waals surface area (Å²) in [5, 5.41) is 2.89. The first-order valence-electron chi connectivity index (χ1n) is 4.46. The average Bonchev–Trinajstić information content (AvgIpc) is 2.15. The number of hydrogen-bond donors (Lipinski definition) is 2. The number of carbonyl (C=O) groups excluding carboxylic acids is 2. The van der Waals surface area contributed by atoms with Crippen LogP contribution in [0, 0.1) is 0 Å². The lowest BCUT2D eigenvalue weighted by Crippen LogP contribution is -2.42. The SMILES string of the molecule is C[C@@H](NC(=O)c1cc(Cl)cc(Br)c1)C(N)=O. The Morgan fingerprint density at radius 3 is 2.56 bits per heavy atom. The molecule has 1 aromatic carbocycles. The average molecular weight is 306 g/mol. The van der Waals surface area contributed by atoms with Crippen LogP contribution in [0.4, 0.5) is 0 Å². The van der Waals surface area contributed by atoms with E-state index in [1.807, 2.05) is 0 Å². The zero-order valence-corrected chi connectivity index (χ0v) is 10.8. The first-order valence-corrected chi connectivity index (χ1v) is 5.63. The molecular formula is C10H10BrClN2O2. The van der Waals surface area contributed by atoms with Gasteiger partial charge in [-0.2, -0.15) is 0 Å². The molecule has 0 aliphatic carbocycles. The molecule has 0 fully saturated rings. The van der Waals surface area contributed by atoms with Crippen LogP contribution < -0.4 is 11.1 Å². The molecule has 0 heterocycles. The van der Waals surface area contributed by atoms with Gasteiger partial charge < -0.3 is 11.1 Å². The van der Waals surface area contributed by atoms with Crippen LogP contribution in [-0.2, 0) is 4.79 Å². The van der Waals surface area contributed by atoms with E-state index >= 15 is 0 Å². The van der Waals surface area contributed by atoms with Gasteiger partial charge in [0, 0.05) is 15.1 Å². The molecule has 2 amide bonds. The Hall–Kier alpha value is -1.07. The smallest absolute Gasteiger partial charge is 0.252 e. The maximum atomic E-state index is 11.7. The van der Waals surface area contributed by atoms with E-state index in [4.69, 9.17) is 17.3 Å². The van der Waals surface area contributed by atoms with Crippen LogP contribution in [0.3, 0.4) is 0 Å². The molecule has 0 aromatic heterocycles. The summed E-state index contributed by atoms with van der Waals surface area (Å²) < 4.78 is 0.692. The third-order valence-electron chi connectivity index (χ3n) is 1.90. The van der Waals surface area contributed by atoms with Crippen molar-refractivity contribution in [2.75, 3.05) is 0 Å². The molecule has 0 spiro atoms. The second-order valence-electron chi connectivity index (χ2n) is 3.26.